The minimum atomic E-state index is -0.547. The summed E-state index contributed by atoms with van der Waals surface area (Å²) < 4.78 is 5.41. The lowest BCUT2D eigenvalue weighted by Crippen LogP contribution is -2.31. The van der Waals surface area contributed by atoms with Crippen LogP contribution in [0.2, 0.25) is 0 Å². The highest BCUT2D eigenvalue weighted by Crippen LogP contribution is 2.23. The summed E-state index contributed by atoms with van der Waals surface area (Å²) in [6.07, 6.45) is 0. The van der Waals surface area contributed by atoms with E-state index in [2.05, 4.69) is 10.6 Å². The van der Waals surface area contributed by atoms with Crippen LogP contribution in [0.1, 0.15) is 24.5 Å². The first-order chi connectivity index (χ1) is 9.97. The molecule has 0 spiro atoms. The number of urea groups is 1. The number of carbonyl (C=O) groups is 1. The summed E-state index contributed by atoms with van der Waals surface area (Å²) >= 11 is 0. The standard InChI is InChI=1S/C14H15N3O4/c1-9-7-8-13(21-9)10(2)15-14(18)16-11-5-3-4-6-12(11)17(19)20/h3-8,10H,1-2H3,(H2,15,16,18). The zero-order valence-corrected chi connectivity index (χ0v) is 11.6. The highest BCUT2D eigenvalue weighted by atomic mass is 16.6. The van der Waals surface area contributed by atoms with E-state index in [-0.39, 0.29) is 17.4 Å². The SMILES string of the molecule is Cc1ccc(C(C)NC(=O)Nc2ccccc2[N+](=O)[O-])o1. The maximum absolute atomic E-state index is 11.9. The van der Waals surface area contributed by atoms with Gasteiger partial charge < -0.3 is 15.1 Å². The third-order valence-electron chi connectivity index (χ3n) is 2.88. The second kappa shape index (κ2) is 6.08. The van der Waals surface area contributed by atoms with E-state index in [1.807, 2.05) is 6.92 Å². The Morgan fingerprint density at radius 2 is 2.00 bits per heavy atom. The largest absolute Gasteiger partial charge is 0.464 e. The Balaban J connectivity index is 2.04. The first kappa shape index (κ1) is 14.6. The Bertz CT molecular complexity index is 666. The van der Waals surface area contributed by atoms with E-state index in [0.717, 1.165) is 5.76 Å². The highest BCUT2D eigenvalue weighted by molar-refractivity contribution is 5.91. The summed E-state index contributed by atoms with van der Waals surface area (Å²) in [4.78, 5) is 22.2. The van der Waals surface area contributed by atoms with E-state index in [1.165, 1.54) is 18.2 Å². The number of hydrogen-bond acceptors (Lipinski definition) is 4. The van der Waals surface area contributed by atoms with Crippen LogP contribution < -0.4 is 10.6 Å². The van der Waals surface area contributed by atoms with Crippen molar-refractivity contribution in [3.8, 4) is 0 Å². The molecule has 1 heterocycles. The van der Waals surface area contributed by atoms with Crippen LogP contribution in [0.4, 0.5) is 16.2 Å². The van der Waals surface area contributed by atoms with Crippen molar-refractivity contribution in [1.82, 2.24) is 5.32 Å². The Morgan fingerprint density at radius 3 is 2.62 bits per heavy atom. The first-order valence-electron chi connectivity index (χ1n) is 6.34. The summed E-state index contributed by atoms with van der Waals surface area (Å²) in [6.45, 7) is 3.57. The fourth-order valence-electron chi connectivity index (χ4n) is 1.85. The predicted octanol–water partition coefficient (Wildman–Crippen LogP) is 3.38. The van der Waals surface area contributed by atoms with E-state index < -0.39 is 11.0 Å². The van der Waals surface area contributed by atoms with Gasteiger partial charge in [0.1, 0.15) is 17.2 Å². The van der Waals surface area contributed by atoms with Crippen LogP contribution in [0, 0.1) is 17.0 Å². The van der Waals surface area contributed by atoms with Crippen LogP contribution in [-0.4, -0.2) is 11.0 Å². The van der Waals surface area contributed by atoms with E-state index >= 15 is 0 Å². The number of nitrogens with zero attached hydrogens (tertiary/aromatic N) is 1. The Morgan fingerprint density at radius 1 is 1.29 bits per heavy atom. The van der Waals surface area contributed by atoms with Gasteiger partial charge in [-0.2, -0.15) is 0 Å². The molecule has 1 aromatic heterocycles. The molecule has 0 fully saturated rings. The van der Waals surface area contributed by atoms with E-state index in [9.17, 15) is 14.9 Å². The third-order valence-corrected chi connectivity index (χ3v) is 2.88. The average molecular weight is 289 g/mol. The molecular weight excluding hydrogens is 274 g/mol. The van der Waals surface area contributed by atoms with Crippen molar-refractivity contribution in [2.45, 2.75) is 19.9 Å². The normalized spacial score (nSPS) is 11.7. The number of nitrogens with one attached hydrogen (secondary N) is 2. The molecule has 0 saturated carbocycles. The minimum absolute atomic E-state index is 0.142. The molecule has 1 aromatic carbocycles. The minimum Gasteiger partial charge on any atom is -0.464 e. The van der Waals surface area contributed by atoms with Crippen LogP contribution in [0.5, 0.6) is 0 Å². The van der Waals surface area contributed by atoms with Crippen LogP contribution >= 0.6 is 0 Å². The fraction of sp³-hybridized carbons (Fsp3) is 0.214. The number of para-hydroxylation sites is 2. The topological polar surface area (TPSA) is 97.4 Å². The molecule has 2 aromatic rings. The number of nitro benzene ring substituents is 1. The molecule has 0 aliphatic heterocycles. The number of anilines is 1. The summed E-state index contributed by atoms with van der Waals surface area (Å²) in [5.74, 6) is 1.36. The lowest BCUT2D eigenvalue weighted by molar-refractivity contribution is -0.383. The van der Waals surface area contributed by atoms with Gasteiger partial charge in [0.25, 0.3) is 5.69 Å². The number of furan rings is 1. The predicted molar refractivity (Wildman–Crippen MR) is 77.1 cm³/mol. The maximum atomic E-state index is 11.9. The van der Waals surface area contributed by atoms with Crippen molar-refractivity contribution < 1.29 is 14.1 Å². The number of carbonyl (C=O) groups excluding carboxylic acids is 1. The van der Waals surface area contributed by atoms with Crippen LogP contribution in [0.3, 0.4) is 0 Å². The molecule has 2 rings (SSSR count). The van der Waals surface area contributed by atoms with E-state index in [4.69, 9.17) is 4.42 Å². The molecule has 21 heavy (non-hydrogen) atoms. The van der Waals surface area contributed by atoms with Gasteiger partial charge in [-0.05, 0) is 32.0 Å². The summed E-state index contributed by atoms with van der Waals surface area (Å²) in [7, 11) is 0. The van der Waals surface area contributed by atoms with Crippen molar-refractivity contribution in [3.63, 3.8) is 0 Å². The first-order valence-corrected chi connectivity index (χ1v) is 6.34. The van der Waals surface area contributed by atoms with Crippen molar-refractivity contribution in [3.05, 3.63) is 58.0 Å². The number of aryl methyl sites for hydroxylation is 1. The number of rotatable bonds is 4. The second-order valence-corrected chi connectivity index (χ2v) is 4.54. The van der Waals surface area contributed by atoms with Crippen molar-refractivity contribution in [1.29, 1.82) is 0 Å². The monoisotopic (exact) mass is 289 g/mol. The number of amides is 2. The summed E-state index contributed by atoms with van der Waals surface area (Å²) in [5.41, 5.74) is -0.0167. The molecule has 0 aliphatic rings. The Hall–Kier alpha value is -2.83. The molecule has 2 N–H and O–H groups in total. The van der Waals surface area contributed by atoms with E-state index in [0.29, 0.717) is 5.76 Å². The highest BCUT2D eigenvalue weighted by Gasteiger charge is 2.17. The van der Waals surface area contributed by atoms with Gasteiger partial charge in [-0.1, -0.05) is 12.1 Å². The Labute approximate surface area is 121 Å². The van der Waals surface area contributed by atoms with Crippen LogP contribution in [-0.2, 0) is 0 Å². The average Bonchev–Trinajstić information content (AvgIpc) is 2.85. The van der Waals surface area contributed by atoms with Gasteiger partial charge in [0.15, 0.2) is 0 Å². The van der Waals surface area contributed by atoms with E-state index in [1.54, 1.807) is 25.1 Å². The van der Waals surface area contributed by atoms with Gasteiger partial charge in [-0.25, -0.2) is 4.79 Å². The van der Waals surface area contributed by atoms with Gasteiger partial charge in [-0.15, -0.1) is 0 Å². The molecule has 0 radical (unpaired) electrons. The van der Waals surface area contributed by atoms with Crippen molar-refractivity contribution >= 4 is 17.4 Å². The Kier molecular flexibility index (Phi) is 4.22. The number of benzene rings is 1. The quantitative estimate of drug-likeness (QED) is 0.666. The van der Waals surface area contributed by atoms with Gasteiger partial charge in [-0.3, -0.25) is 10.1 Å². The lowest BCUT2D eigenvalue weighted by atomic mass is 10.2. The zero-order valence-electron chi connectivity index (χ0n) is 11.6. The molecule has 1 atom stereocenters. The molecule has 0 aliphatic carbocycles. The molecule has 0 bridgehead atoms. The van der Waals surface area contributed by atoms with Gasteiger partial charge >= 0.3 is 6.03 Å². The van der Waals surface area contributed by atoms with Crippen LogP contribution in [0.15, 0.2) is 40.8 Å². The van der Waals surface area contributed by atoms with Crippen molar-refractivity contribution in [2.75, 3.05) is 5.32 Å². The molecular formula is C14H15N3O4. The van der Waals surface area contributed by atoms with Gasteiger partial charge in [0.2, 0.25) is 0 Å². The number of nitro groups is 1. The maximum Gasteiger partial charge on any atom is 0.320 e. The zero-order chi connectivity index (χ0) is 15.4. The molecule has 0 saturated heterocycles. The molecule has 110 valence electrons. The van der Waals surface area contributed by atoms with Gasteiger partial charge in [0, 0.05) is 6.07 Å². The molecule has 1 unspecified atom stereocenters. The van der Waals surface area contributed by atoms with Crippen molar-refractivity contribution in [2.24, 2.45) is 0 Å². The molecule has 7 heteroatoms. The molecule has 2 amide bonds. The second-order valence-electron chi connectivity index (χ2n) is 4.54. The van der Waals surface area contributed by atoms with Crippen LogP contribution in [0.25, 0.3) is 0 Å². The third kappa shape index (κ3) is 3.59. The summed E-state index contributed by atoms with van der Waals surface area (Å²) in [5, 5.41) is 16.0. The lowest BCUT2D eigenvalue weighted by Gasteiger charge is -2.12. The molecule has 7 nitrogen and oxygen atoms in total. The summed E-state index contributed by atoms with van der Waals surface area (Å²) in [6, 6.07) is 8.64. The fourth-order valence-corrected chi connectivity index (χ4v) is 1.85. The smallest absolute Gasteiger partial charge is 0.320 e. The number of hydrogen-bond donors (Lipinski definition) is 2. The van der Waals surface area contributed by atoms with Gasteiger partial charge in [0.05, 0.1) is 11.0 Å².